The number of thiophene rings is 1. The van der Waals surface area contributed by atoms with Crippen LogP contribution >= 0.6 is 27.3 Å². The first kappa shape index (κ1) is 15.9. The quantitative estimate of drug-likeness (QED) is 0.794. The summed E-state index contributed by atoms with van der Waals surface area (Å²) in [6, 6.07) is 7.14. The van der Waals surface area contributed by atoms with E-state index in [1.807, 2.05) is 6.07 Å². The van der Waals surface area contributed by atoms with Crippen LogP contribution in [0.15, 0.2) is 28.1 Å². The van der Waals surface area contributed by atoms with Gasteiger partial charge in [0.25, 0.3) is 0 Å². The van der Waals surface area contributed by atoms with E-state index in [9.17, 15) is 4.39 Å². The van der Waals surface area contributed by atoms with Crippen molar-refractivity contribution in [3.05, 3.63) is 38.7 Å². The van der Waals surface area contributed by atoms with Crippen molar-refractivity contribution in [1.29, 1.82) is 0 Å². The third-order valence-corrected chi connectivity index (χ3v) is 5.68. The summed E-state index contributed by atoms with van der Waals surface area (Å²) < 4.78 is 14.7. The highest BCUT2D eigenvalue weighted by atomic mass is 79.9. The van der Waals surface area contributed by atoms with E-state index in [1.165, 1.54) is 17.4 Å². The van der Waals surface area contributed by atoms with Gasteiger partial charge in [-0.15, -0.1) is 11.3 Å². The van der Waals surface area contributed by atoms with Gasteiger partial charge in [0.1, 0.15) is 5.82 Å². The van der Waals surface area contributed by atoms with Crippen molar-refractivity contribution in [2.45, 2.75) is 13.0 Å². The second kappa shape index (κ2) is 7.08. The lowest BCUT2D eigenvalue weighted by Crippen LogP contribution is -2.27. The van der Waals surface area contributed by atoms with Crippen LogP contribution in [0.4, 0.5) is 10.1 Å². The van der Waals surface area contributed by atoms with E-state index in [1.54, 1.807) is 17.4 Å². The molecule has 0 atom stereocenters. The van der Waals surface area contributed by atoms with Gasteiger partial charge < -0.3 is 11.1 Å². The van der Waals surface area contributed by atoms with Crippen molar-refractivity contribution in [3.8, 4) is 11.1 Å². The highest BCUT2D eigenvalue weighted by Gasteiger charge is 2.14. The Morgan fingerprint density at radius 3 is 2.95 bits per heavy atom. The molecule has 118 valence electrons. The number of nitrogen functional groups attached to an aromatic ring is 1. The molecule has 1 fully saturated rings. The molecule has 1 aromatic heterocycles. The summed E-state index contributed by atoms with van der Waals surface area (Å²) in [7, 11) is 0. The molecule has 22 heavy (non-hydrogen) atoms. The molecule has 0 aliphatic carbocycles. The van der Waals surface area contributed by atoms with Crippen LogP contribution in [-0.4, -0.2) is 31.1 Å². The number of rotatable bonds is 3. The Kier molecular flexibility index (Phi) is 5.13. The number of hydrogen-bond acceptors (Lipinski definition) is 4. The van der Waals surface area contributed by atoms with Gasteiger partial charge in [0.2, 0.25) is 0 Å². The normalized spacial score (nSPS) is 16.6. The molecule has 6 heteroatoms. The number of nitrogens with zero attached hydrogens (tertiary/aromatic N) is 1. The molecule has 0 unspecified atom stereocenters. The van der Waals surface area contributed by atoms with Gasteiger partial charge >= 0.3 is 0 Å². The zero-order valence-electron chi connectivity index (χ0n) is 12.2. The lowest BCUT2D eigenvalue weighted by molar-refractivity contribution is 0.287. The zero-order valence-corrected chi connectivity index (χ0v) is 14.6. The van der Waals surface area contributed by atoms with Crippen LogP contribution in [0.2, 0.25) is 0 Å². The first-order valence-corrected chi connectivity index (χ1v) is 9.01. The van der Waals surface area contributed by atoms with Gasteiger partial charge in [-0.3, -0.25) is 4.90 Å². The molecule has 1 aliphatic rings. The molecular weight excluding hydrogens is 365 g/mol. The minimum Gasteiger partial charge on any atom is -0.396 e. The van der Waals surface area contributed by atoms with Crippen molar-refractivity contribution in [3.63, 3.8) is 0 Å². The van der Waals surface area contributed by atoms with E-state index in [4.69, 9.17) is 5.73 Å². The number of nitrogens with one attached hydrogen (secondary N) is 1. The number of nitrogens with two attached hydrogens (primary N) is 1. The molecule has 1 aliphatic heterocycles. The van der Waals surface area contributed by atoms with Crippen LogP contribution < -0.4 is 11.1 Å². The second-order valence-electron chi connectivity index (χ2n) is 5.52. The Balaban J connectivity index is 1.79. The summed E-state index contributed by atoms with van der Waals surface area (Å²) >= 11 is 5.33. The number of hydrogen-bond donors (Lipinski definition) is 2. The Labute approximate surface area is 142 Å². The topological polar surface area (TPSA) is 41.3 Å². The van der Waals surface area contributed by atoms with Crippen LogP contribution in [0.1, 0.15) is 11.3 Å². The molecule has 3 nitrogen and oxygen atoms in total. The van der Waals surface area contributed by atoms with Gasteiger partial charge in [0.15, 0.2) is 0 Å². The standard InChI is InChI=1S/C16H19BrFN3S/c17-16-13(11-2-3-15(19)14(18)8-11)9-12(22-16)10-21-6-1-4-20-5-7-21/h2-3,8-9,20H,1,4-7,10,19H2. The van der Waals surface area contributed by atoms with E-state index in [2.05, 4.69) is 32.2 Å². The molecule has 0 amide bonds. The van der Waals surface area contributed by atoms with Gasteiger partial charge in [0.05, 0.1) is 9.47 Å². The zero-order chi connectivity index (χ0) is 15.5. The molecule has 0 radical (unpaired) electrons. The second-order valence-corrected chi connectivity index (χ2v) is 7.97. The molecule has 2 heterocycles. The Hall–Kier alpha value is -0.950. The predicted molar refractivity (Wildman–Crippen MR) is 94.6 cm³/mol. The smallest absolute Gasteiger partial charge is 0.146 e. The average molecular weight is 384 g/mol. The minimum absolute atomic E-state index is 0.187. The van der Waals surface area contributed by atoms with E-state index in [0.29, 0.717) is 0 Å². The molecule has 3 rings (SSSR count). The SMILES string of the molecule is Nc1ccc(-c2cc(CN3CCCNCC3)sc2Br)cc1F. The largest absolute Gasteiger partial charge is 0.396 e. The summed E-state index contributed by atoms with van der Waals surface area (Å²) in [4.78, 5) is 3.76. The first-order chi connectivity index (χ1) is 10.6. The Bertz CT molecular complexity index is 651. The van der Waals surface area contributed by atoms with Crippen molar-refractivity contribution in [2.24, 2.45) is 0 Å². The van der Waals surface area contributed by atoms with Gasteiger partial charge in [-0.2, -0.15) is 0 Å². The van der Waals surface area contributed by atoms with E-state index in [-0.39, 0.29) is 11.5 Å². The van der Waals surface area contributed by atoms with Crippen LogP contribution in [0.25, 0.3) is 11.1 Å². The lowest BCUT2D eigenvalue weighted by Gasteiger charge is -2.17. The van der Waals surface area contributed by atoms with Crippen molar-refractivity contribution < 1.29 is 4.39 Å². The predicted octanol–water partition coefficient (Wildman–Crippen LogP) is 3.69. The van der Waals surface area contributed by atoms with Gasteiger partial charge in [-0.1, -0.05) is 6.07 Å². The maximum Gasteiger partial charge on any atom is 0.146 e. The Morgan fingerprint density at radius 1 is 1.27 bits per heavy atom. The highest BCUT2D eigenvalue weighted by Crippen LogP contribution is 2.37. The fraction of sp³-hybridized carbons (Fsp3) is 0.375. The molecule has 2 aromatic rings. The molecule has 1 aromatic carbocycles. The van der Waals surface area contributed by atoms with Gasteiger partial charge in [-0.05, 0) is 59.2 Å². The average Bonchev–Trinajstić information content (AvgIpc) is 2.70. The summed E-state index contributed by atoms with van der Waals surface area (Å²) in [5.41, 5.74) is 7.63. The third-order valence-electron chi connectivity index (χ3n) is 3.86. The lowest BCUT2D eigenvalue weighted by atomic mass is 10.1. The summed E-state index contributed by atoms with van der Waals surface area (Å²) in [5.74, 6) is -0.365. The molecular formula is C16H19BrFN3S. The van der Waals surface area contributed by atoms with Gasteiger partial charge in [0, 0.05) is 30.1 Å². The minimum atomic E-state index is -0.365. The summed E-state index contributed by atoms with van der Waals surface area (Å²) in [6.07, 6.45) is 1.18. The fourth-order valence-electron chi connectivity index (χ4n) is 2.67. The maximum absolute atomic E-state index is 13.7. The first-order valence-electron chi connectivity index (χ1n) is 7.40. The fourth-order valence-corrected chi connectivity index (χ4v) is 4.57. The van der Waals surface area contributed by atoms with Crippen molar-refractivity contribution >= 4 is 33.0 Å². The van der Waals surface area contributed by atoms with Crippen LogP contribution in [0, 0.1) is 5.82 Å². The number of anilines is 1. The molecule has 0 bridgehead atoms. The van der Waals surface area contributed by atoms with E-state index >= 15 is 0 Å². The molecule has 0 saturated carbocycles. The number of halogens is 2. The molecule has 0 spiro atoms. The van der Waals surface area contributed by atoms with Crippen LogP contribution in [-0.2, 0) is 6.54 Å². The van der Waals surface area contributed by atoms with Gasteiger partial charge in [-0.25, -0.2) is 4.39 Å². The summed E-state index contributed by atoms with van der Waals surface area (Å²) in [6.45, 7) is 5.28. The Morgan fingerprint density at radius 2 is 2.14 bits per heavy atom. The molecule has 1 saturated heterocycles. The van der Waals surface area contributed by atoms with Crippen molar-refractivity contribution in [2.75, 3.05) is 31.9 Å². The van der Waals surface area contributed by atoms with E-state index < -0.39 is 0 Å². The van der Waals surface area contributed by atoms with Crippen molar-refractivity contribution in [1.82, 2.24) is 10.2 Å². The third kappa shape index (κ3) is 3.68. The maximum atomic E-state index is 13.7. The monoisotopic (exact) mass is 383 g/mol. The van der Waals surface area contributed by atoms with Crippen LogP contribution in [0.3, 0.4) is 0 Å². The number of benzene rings is 1. The van der Waals surface area contributed by atoms with E-state index in [0.717, 1.165) is 47.6 Å². The molecule has 3 N–H and O–H groups in total. The highest BCUT2D eigenvalue weighted by molar-refractivity contribution is 9.11. The van der Waals surface area contributed by atoms with Crippen LogP contribution in [0.5, 0.6) is 0 Å². The summed E-state index contributed by atoms with van der Waals surface area (Å²) in [5, 5.41) is 3.42.